The van der Waals surface area contributed by atoms with Crippen LogP contribution in [0.15, 0.2) is 49.1 Å². The van der Waals surface area contributed by atoms with Gasteiger partial charge in [0.05, 0.1) is 31.6 Å². The number of likely N-dealkylation sites (N-methyl/N-ethyl adjacent to an activating group) is 1. The molecule has 188 valence electrons. The number of aliphatic hydroxyl groups is 1. The minimum Gasteiger partial charge on any atom is -0.496 e. The SMILES string of the molecule is CCN(C(=O)Cn1cc(NC(=O)c2cnn3cccnc23)c(-c2cc(Cl)ccc2OC)n1)C(C)CO. The molecular weight excluding hydrogens is 486 g/mol. The average Bonchev–Trinajstić information content (AvgIpc) is 3.48. The van der Waals surface area contributed by atoms with E-state index in [2.05, 4.69) is 20.5 Å². The fraction of sp³-hybridized carbons (Fsp3) is 0.292. The topological polar surface area (TPSA) is 127 Å². The van der Waals surface area contributed by atoms with E-state index in [1.165, 1.54) is 22.5 Å². The van der Waals surface area contributed by atoms with Crippen LogP contribution in [0.4, 0.5) is 5.69 Å². The Kier molecular flexibility index (Phi) is 7.51. The molecule has 1 aromatic carbocycles. The minimum atomic E-state index is -0.444. The number of methoxy groups -OCH3 is 1. The van der Waals surface area contributed by atoms with Gasteiger partial charge in [0.15, 0.2) is 5.65 Å². The molecule has 3 heterocycles. The number of benzene rings is 1. The molecule has 0 fully saturated rings. The summed E-state index contributed by atoms with van der Waals surface area (Å²) in [6, 6.07) is 6.43. The lowest BCUT2D eigenvalue weighted by Gasteiger charge is -2.26. The second kappa shape index (κ2) is 10.8. The molecule has 36 heavy (non-hydrogen) atoms. The van der Waals surface area contributed by atoms with Crippen molar-refractivity contribution in [3.05, 3.63) is 59.6 Å². The van der Waals surface area contributed by atoms with Crippen molar-refractivity contribution in [3.8, 4) is 17.0 Å². The lowest BCUT2D eigenvalue weighted by molar-refractivity contribution is -0.134. The highest BCUT2D eigenvalue weighted by atomic mass is 35.5. The van der Waals surface area contributed by atoms with Crippen molar-refractivity contribution in [2.24, 2.45) is 0 Å². The van der Waals surface area contributed by atoms with E-state index in [9.17, 15) is 14.7 Å². The van der Waals surface area contributed by atoms with E-state index in [1.807, 2.05) is 6.92 Å². The monoisotopic (exact) mass is 511 g/mol. The quantitative estimate of drug-likeness (QED) is 0.353. The van der Waals surface area contributed by atoms with E-state index in [0.29, 0.717) is 39.9 Å². The third-order valence-corrected chi connectivity index (χ3v) is 5.94. The average molecular weight is 512 g/mol. The van der Waals surface area contributed by atoms with Crippen LogP contribution in [0.5, 0.6) is 5.75 Å². The summed E-state index contributed by atoms with van der Waals surface area (Å²) in [5, 5.41) is 21.6. The highest BCUT2D eigenvalue weighted by Gasteiger charge is 2.23. The molecule has 3 aromatic heterocycles. The van der Waals surface area contributed by atoms with Crippen LogP contribution in [-0.2, 0) is 11.3 Å². The number of hydrogen-bond acceptors (Lipinski definition) is 7. The van der Waals surface area contributed by atoms with Crippen molar-refractivity contribution in [3.63, 3.8) is 0 Å². The molecule has 1 unspecified atom stereocenters. The summed E-state index contributed by atoms with van der Waals surface area (Å²) in [4.78, 5) is 31.9. The van der Waals surface area contributed by atoms with Crippen LogP contribution in [0, 0.1) is 0 Å². The number of rotatable bonds is 9. The Morgan fingerprint density at radius 2 is 2.14 bits per heavy atom. The molecule has 0 aliphatic carbocycles. The van der Waals surface area contributed by atoms with Gasteiger partial charge in [-0.05, 0) is 38.1 Å². The normalized spacial score (nSPS) is 11.9. The van der Waals surface area contributed by atoms with Crippen LogP contribution in [0.2, 0.25) is 5.02 Å². The highest BCUT2D eigenvalue weighted by molar-refractivity contribution is 6.31. The molecule has 11 nitrogen and oxygen atoms in total. The first-order valence-electron chi connectivity index (χ1n) is 11.3. The zero-order chi connectivity index (χ0) is 25.8. The van der Waals surface area contributed by atoms with Crippen LogP contribution >= 0.6 is 11.6 Å². The number of nitrogens with zero attached hydrogens (tertiary/aromatic N) is 6. The van der Waals surface area contributed by atoms with Gasteiger partial charge < -0.3 is 20.1 Å². The van der Waals surface area contributed by atoms with Crippen molar-refractivity contribution in [2.45, 2.75) is 26.4 Å². The number of fused-ring (bicyclic) bond motifs is 1. The van der Waals surface area contributed by atoms with Crippen LogP contribution < -0.4 is 10.1 Å². The van der Waals surface area contributed by atoms with Crippen LogP contribution in [-0.4, -0.2) is 72.5 Å². The Morgan fingerprint density at radius 3 is 2.86 bits per heavy atom. The van der Waals surface area contributed by atoms with Gasteiger partial charge in [-0.25, -0.2) is 9.50 Å². The maximum Gasteiger partial charge on any atom is 0.261 e. The van der Waals surface area contributed by atoms with E-state index in [4.69, 9.17) is 16.3 Å². The number of hydrogen-bond donors (Lipinski definition) is 2. The lowest BCUT2D eigenvalue weighted by atomic mass is 10.1. The zero-order valence-corrected chi connectivity index (χ0v) is 20.8. The Balaban J connectivity index is 1.73. The van der Waals surface area contributed by atoms with Gasteiger partial charge in [0.2, 0.25) is 5.91 Å². The lowest BCUT2D eigenvalue weighted by Crippen LogP contribution is -2.42. The van der Waals surface area contributed by atoms with Crippen molar-refractivity contribution >= 4 is 34.7 Å². The van der Waals surface area contributed by atoms with Crippen LogP contribution in [0.1, 0.15) is 24.2 Å². The Hall–Kier alpha value is -3.96. The molecule has 0 saturated carbocycles. The third-order valence-electron chi connectivity index (χ3n) is 5.71. The molecule has 2 N–H and O–H groups in total. The highest BCUT2D eigenvalue weighted by Crippen LogP contribution is 2.36. The number of aliphatic hydroxyl groups excluding tert-OH is 1. The van der Waals surface area contributed by atoms with Gasteiger partial charge in [-0.15, -0.1) is 0 Å². The number of amides is 2. The smallest absolute Gasteiger partial charge is 0.261 e. The molecule has 0 spiro atoms. The number of carbonyl (C=O) groups excluding carboxylic acids is 2. The molecule has 4 aromatic rings. The number of aromatic nitrogens is 5. The first kappa shape index (κ1) is 25.1. The Bertz CT molecular complexity index is 1400. The van der Waals surface area contributed by atoms with Gasteiger partial charge in [-0.1, -0.05) is 11.6 Å². The van der Waals surface area contributed by atoms with Gasteiger partial charge in [-0.3, -0.25) is 14.3 Å². The minimum absolute atomic E-state index is 0.0950. The summed E-state index contributed by atoms with van der Waals surface area (Å²) in [7, 11) is 1.52. The number of halogens is 1. The van der Waals surface area contributed by atoms with E-state index >= 15 is 0 Å². The molecule has 0 saturated heterocycles. The van der Waals surface area contributed by atoms with Gasteiger partial charge in [0, 0.05) is 35.7 Å². The summed E-state index contributed by atoms with van der Waals surface area (Å²) in [5.41, 5.74) is 1.94. The fourth-order valence-corrected chi connectivity index (χ4v) is 4.07. The first-order chi connectivity index (χ1) is 17.4. The summed E-state index contributed by atoms with van der Waals surface area (Å²) < 4.78 is 8.43. The summed E-state index contributed by atoms with van der Waals surface area (Å²) >= 11 is 6.25. The maximum atomic E-state index is 13.2. The van der Waals surface area contributed by atoms with Gasteiger partial charge in [0.1, 0.15) is 23.6 Å². The second-order valence-corrected chi connectivity index (χ2v) is 8.48. The van der Waals surface area contributed by atoms with Crippen LogP contribution in [0.25, 0.3) is 16.9 Å². The number of carbonyl (C=O) groups is 2. The van der Waals surface area contributed by atoms with Gasteiger partial charge in [-0.2, -0.15) is 10.2 Å². The van der Waals surface area contributed by atoms with E-state index in [-0.39, 0.29) is 30.7 Å². The fourth-order valence-electron chi connectivity index (χ4n) is 3.90. The molecule has 12 heteroatoms. The standard InChI is InChI=1S/C24H26ClN7O4/c1-4-31(15(2)14-33)21(34)13-30-12-19(22(29-30)17-10-16(25)6-7-20(17)36-3)28-24(35)18-11-27-32-9-5-8-26-23(18)32/h5-12,15,33H,4,13-14H2,1-3H3,(H,28,35). The Morgan fingerprint density at radius 1 is 1.33 bits per heavy atom. The zero-order valence-electron chi connectivity index (χ0n) is 20.1. The van der Waals surface area contributed by atoms with Crippen molar-refractivity contribution in [1.29, 1.82) is 0 Å². The van der Waals surface area contributed by atoms with Gasteiger partial charge in [0.25, 0.3) is 5.91 Å². The molecule has 0 aliphatic rings. The molecule has 0 bridgehead atoms. The van der Waals surface area contributed by atoms with E-state index < -0.39 is 5.91 Å². The molecule has 2 amide bonds. The van der Waals surface area contributed by atoms with Crippen molar-refractivity contribution in [2.75, 3.05) is 25.6 Å². The molecular formula is C24H26ClN7O4. The van der Waals surface area contributed by atoms with Crippen LogP contribution in [0.3, 0.4) is 0 Å². The first-order valence-corrected chi connectivity index (χ1v) is 11.6. The van der Waals surface area contributed by atoms with Crippen molar-refractivity contribution < 1.29 is 19.4 Å². The largest absolute Gasteiger partial charge is 0.496 e. The second-order valence-electron chi connectivity index (χ2n) is 8.05. The third kappa shape index (κ3) is 5.02. The van der Waals surface area contributed by atoms with Crippen molar-refractivity contribution in [1.82, 2.24) is 29.3 Å². The summed E-state index contributed by atoms with van der Waals surface area (Å²) in [6.45, 7) is 3.79. The maximum absolute atomic E-state index is 13.2. The molecule has 1 atom stereocenters. The van der Waals surface area contributed by atoms with E-state index in [1.54, 1.807) is 54.7 Å². The van der Waals surface area contributed by atoms with E-state index in [0.717, 1.165) is 0 Å². The summed E-state index contributed by atoms with van der Waals surface area (Å²) in [5.74, 6) is -0.176. The number of ether oxygens (including phenoxy) is 1. The number of nitrogens with one attached hydrogen (secondary N) is 1. The Labute approximate surface area is 212 Å². The van der Waals surface area contributed by atoms with Gasteiger partial charge >= 0.3 is 0 Å². The molecule has 0 radical (unpaired) electrons. The molecule has 4 rings (SSSR count). The number of anilines is 1. The summed E-state index contributed by atoms with van der Waals surface area (Å²) in [6.07, 6.45) is 6.27. The predicted octanol–water partition coefficient (Wildman–Crippen LogP) is 2.74. The molecule has 0 aliphatic heterocycles. The predicted molar refractivity (Wildman–Crippen MR) is 134 cm³/mol.